The first-order valence-corrected chi connectivity index (χ1v) is 45.8. The molecule has 15 rings (SSSR count). The average molecular weight is 1460 g/mol. The zero-order valence-electron chi connectivity index (χ0n) is 66.7. The van der Waals surface area contributed by atoms with Gasteiger partial charge in [-0.1, -0.05) is 158 Å². The lowest BCUT2D eigenvalue weighted by atomic mass is 9.54. The van der Waals surface area contributed by atoms with E-state index in [1.54, 1.807) is 0 Å². The largest absolute Gasteiger partial charge is 0.378 e. The van der Waals surface area contributed by atoms with Crippen LogP contribution in [0, 0.1) is 107 Å². The highest BCUT2D eigenvalue weighted by Crippen LogP contribution is 2.60. The lowest BCUT2D eigenvalue weighted by Crippen LogP contribution is -2.68. The standard InChI is InChI=1S/C86H154N10O8/c1-9-17-39-97-71-55-35-29-37-87-69(55)77(103-45-23-15-7)67-65(71)83-91-79-61-63(75(101-43-21-13-5)59-49-53-33-27-25-31-51(53)47-57(59)73(61)99-41-19-11-3)82(89-79)94-86-68-66(72(98-40-18-10-2)56-36-30-38-88-70(56)78(68)104-46-24-16-8)84(96-86)92-80-62-64(81(90-80)93-85(67)95-83)76(102-44-22-14-6)60-50-54-34-28-26-32-52(54)48-58(60)74(62)100-42-20-12-4/h51-96H,9-50H2,1-8H3. The van der Waals surface area contributed by atoms with E-state index in [1.165, 1.54) is 77.0 Å². The van der Waals surface area contributed by atoms with Gasteiger partial charge < -0.3 is 48.5 Å². The van der Waals surface area contributed by atoms with E-state index in [1.807, 2.05) is 0 Å². The number of piperidine rings is 2. The summed E-state index contributed by atoms with van der Waals surface area (Å²) < 4.78 is 62.4. The van der Waals surface area contributed by atoms with Gasteiger partial charge >= 0.3 is 0 Å². The molecule has 0 aromatic rings. The van der Waals surface area contributed by atoms with Gasteiger partial charge in [-0.15, -0.1) is 0 Å². The highest BCUT2D eigenvalue weighted by Gasteiger charge is 2.70. The highest BCUT2D eigenvalue weighted by molar-refractivity contribution is 5.21. The van der Waals surface area contributed by atoms with Crippen molar-refractivity contribution in [2.24, 2.45) is 107 Å². The predicted octanol–water partition coefficient (Wildman–Crippen LogP) is 12.2. The third kappa shape index (κ3) is 16.1. The molecule has 0 radical (unpaired) electrons. The van der Waals surface area contributed by atoms with Crippen LogP contribution in [0.25, 0.3) is 0 Å². The van der Waals surface area contributed by atoms with E-state index < -0.39 is 0 Å². The molecule has 8 aliphatic carbocycles. The Balaban J connectivity index is 0.922. The van der Waals surface area contributed by atoms with Crippen molar-refractivity contribution in [1.82, 2.24) is 53.2 Å². The van der Waals surface area contributed by atoms with E-state index in [2.05, 4.69) is 76.7 Å². The van der Waals surface area contributed by atoms with Gasteiger partial charge in [0.25, 0.3) is 0 Å². The molecule has 7 heterocycles. The van der Waals surface area contributed by atoms with Crippen molar-refractivity contribution in [2.75, 3.05) is 65.9 Å². The summed E-state index contributed by atoms with van der Waals surface area (Å²) in [6, 6.07) is 0.371. The summed E-state index contributed by atoms with van der Waals surface area (Å²) in [4.78, 5) is 0. The van der Waals surface area contributed by atoms with Crippen molar-refractivity contribution in [3.8, 4) is 0 Å². The Hall–Kier alpha value is -0.720. The minimum atomic E-state index is -0.117. The van der Waals surface area contributed by atoms with Crippen LogP contribution in [0.4, 0.5) is 0 Å². The molecule has 10 N–H and O–H groups in total. The van der Waals surface area contributed by atoms with Crippen molar-refractivity contribution in [1.29, 1.82) is 0 Å². The highest BCUT2D eigenvalue weighted by atomic mass is 16.5. The lowest BCUT2D eigenvalue weighted by Gasteiger charge is -2.57. The number of fused-ring (bicyclic) bond motifs is 26. The minimum absolute atomic E-state index is 0.0217. The van der Waals surface area contributed by atoms with Gasteiger partial charge in [0.05, 0.1) is 98.2 Å². The van der Waals surface area contributed by atoms with E-state index >= 15 is 0 Å². The van der Waals surface area contributed by atoms with Gasteiger partial charge in [0, 0.05) is 124 Å². The molecule has 104 heavy (non-hydrogen) atoms. The van der Waals surface area contributed by atoms with Crippen LogP contribution < -0.4 is 53.2 Å². The van der Waals surface area contributed by atoms with Crippen LogP contribution in [0.15, 0.2) is 0 Å². The summed E-state index contributed by atoms with van der Waals surface area (Å²) in [6.07, 6.45) is 37.5. The molecule has 18 heteroatoms. The number of unbranched alkanes of at least 4 members (excludes halogenated alkanes) is 8. The van der Waals surface area contributed by atoms with Gasteiger partial charge in [0.1, 0.15) is 0 Å². The Kier molecular flexibility index (Phi) is 28.3. The van der Waals surface area contributed by atoms with Gasteiger partial charge in [-0.05, 0) is 163 Å². The molecule has 7 aliphatic heterocycles. The van der Waals surface area contributed by atoms with E-state index in [4.69, 9.17) is 69.8 Å². The fraction of sp³-hybridized carbons (Fsp3) is 1.00. The molecule has 15 fully saturated rings. The van der Waals surface area contributed by atoms with Crippen LogP contribution in [-0.4, -0.2) is 176 Å². The molecule has 8 bridgehead atoms. The molecule has 0 spiro atoms. The number of hydrogen-bond acceptors (Lipinski definition) is 18. The molecule has 0 aromatic carbocycles. The van der Waals surface area contributed by atoms with E-state index in [0.29, 0.717) is 35.5 Å². The summed E-state index contributed by atoms with van der Waals surface area (Å²) in [5.74, 6) is 6.29. The maximum absolute atomic E-state index is 7.87. The SMILES string of the molecule is CCCCOC1C2CC3CCCCC3CC2C(OCCCC)C2C3NC(NC4NC(NC5NC(NC6NC(N3)C3C(OCCCC)C7NCCCC7C(OCCCC)C63)C3C(OCCCC)C6CC7CCCCC7CC6C(OCCCC)C53)C3C(OCCCC)C5NCCCC5C(OCCCC)C43)C12. The van der Waals surface area contributed by atoms with Gasteiger partial charge in [-0.25, -0.2) is 0 Å². The van der Waals surface area contributed by atoms with Gasteiger partial charge in [-0.3, -0.25) is 42.5 Å². The Morgan fingerprint density at radius 2 is 0.413 bits per heavy atom. The smallest absolute Gasteiger partial charge is 0.0792 e. The second kappa shape index (κ2) is 37.5. The van der Waals surface area contributed by atoms with Crippen LogP contribution >= 0.6 is 0 Å². The Morgan fingerprint density at radius 1 is 0.221 bits per heavy atom. The quantitative estimate of drug-likeness (QED) is 0.0286. The molecule has 596 valence electrons. The topological polar surface area (TPSA) is 194 Å². The summed E-state index contributed by atoms with van der Waals surface area (Å²) in [5, 5.41) is 46.4. The van der Waals surface area contributed by atoms with Crippen molar-refractivity contribution in [3.63, 3.8) is 0 Å². The molecule has 18 nitrogen and oxygen atoms in total. The number of hydrogen-bond donors (Lipinski definition) is 10. The van der Waals surface area contributed by atoms with E-state index in [-0.39, 0.29) is 158 Å². The molecule has 0 amide bonds. The van der Waals surface area contributed by atoms with Crippen molar-refractivity contribution in [2.45, 2.75) is 371 Å². The molecule has 0 aromatic heterocycles. The normalized spacial score (nSPS) is 47.8. The van der Waals surface area contributed by atoms with Gasteiger partial charge in [0.15, 0.2) is 0 Å². The van der Waals surface area contributed by atoms with Gasteiger partial charge in [0.2, 0.25) is 0 Å². The molecule has 8 saturated carbocycles. The van der Waals surface area contributed by atoms with Crippen LogP contribution in [0.2, 0.25) is 0 Å². The minimum Gasteiger partial charge on any atom is -0.378 e. The first-order chi connectivity index (χ1) is 51.3. The lowest BCUT2D eigenvalue weighted by molar-refractivity contribution is -0.188. The Morgan fingerprint density at radius 3 is 0.625 bits per heavy atom. The molecule has 7 saturated heterocycles. The molecule has 15 aliphatic rings. The molecule has 36 atom stereocenters. The summed E-state index contributed by atoms with van der Waals surface area (Å²) >= 11 is 0. The summed E-state index contributed by atoms with van der Waals surface area (Å²) in [6.45, 7) is 27.1. The van der Waals surface area contributed by atoms with E-state index in [0.717, 1.165) is 218 Å². The second-order valence-electron chi connectivity index (χ2n) is 37.1. The van der Waals surface area contributed by atoms with Crippen LogP contribution in [0.1, 0.15) is 261 Å². The third-order valence-electron chi connectivity index (χ3n) is 31.1. The summed E-state index contributed by atoms with van der Waals surface area (Å²) in [5.41, 5.74) is 0. The third-order valence-corrected chi connectivity index (χ3v) is 31.1. The van der Waals surface area contributed by atoms with Crippen LogP contribution in [-0.2, 0) is 37.9 Å². The predicted molar refractivity (Wildman–Crippen MR) is 413 cm³/mol. The van der Waals surface area contributed by atoms with Crippen molar-refractivity contribution >= 4 is 0 Å². The molecular formula is C86H154N10O8. The van der Waals surface area contributed by atoms with E-state index in [9.17, 15) is 0 Å². The van der Waals surface area contributed by atoms with Crippen LogP contribution in [0.5, 0.6) is 0 Å². The average Bonchev–Trinajstić information content (AvgIpc) is 1.50. The fourth-order valence-corrected chi connectivity index (χ4v) is 26.4. The van der Waals surface area contributed by atoms with Crippen molar-refractivity contribution < 1.29 is 37.9 Å². The Bertz CT molecular complexity index is 2240. The van der Waals surface area contributed by atoms with Gasteiger partial charge in [-0.2, -0.15) is 0 Å². The first kappa shape index (κ1) is 78.6. The van der Waals surface area contributed by atoms with Crippen molar-refractivity contribution in [3.05, 3.63) is 0 Å². The number of ether oxygens (including phenoxy) is 8. The monoisotopic (exact) mass is 1460 g/mol. The molecule has 36 unspecified atom stereocenters. The summed E-state index contributed by atoms with van der Waals surface area (Å²) in [7, 11) is 0. The second-order valence-corrected chi connectivity index (χ2v) is 37.1. The first-order valence-electron chi connectivity index (χ1n) is 45.8. The Labute approximate surface area is 631 Å². The van der Waals surface area contributed by atoms with Crippen LogP contribution in [0.3, 0.4) is 0 Å². The maximum atomic E-state index is 7.87. The molecular weight excluding hydrogens is 1300 g/mol. The zero-order valence-corrected chi connectivity index (χ0v) is 66.7. The number of nitrogens with one attached hydrogen (secondary N) is 10. The number of rotatable bonds is 32. The zero-order chi connectivity index (χ0) is 71.2. The maximum Gasteiger partial charge on any atom is 0.0792 e. The fourth-order valence-electron chi connectivity index (χ4n) is 26.4.